The minimum absolute atomic E-state index is 0.0357. The second-order valence-corrected chi connectivity index (χ2v) is 1.62. The maximum atomic E-state index is 10.5. The summed E-state index contributed by atoms with van der Waals surface area (Å²) in [6.45, 7) is 0.434. The summed E-state index contributed by atoms with van der Waals surface area (Å²) in [6, 6.07) is 0. The van der Waals surface area contributed by atoms with Crippen molar-refractivity contribution in [3.8, 4) is 0 Å². The Morgan fingerprint density at radius 3 is 2.75 bits per heavy atom. The Balaban J connectivity index is 3.13. The maximum absolute atomic E-state index is 10.5. The molecule has 0 bridgehead atoms. The van der Waals surface area contributed by atoms with Crippen LogP contribution in [0.1, 0.15) is 0 Å². The molecule has 0 aliphatic heterocycles. The maximum Gasteiger partial charge on any atom is 0.418 e. The van der Waals surface area contributed by atoms with E-state index in [-0.39, 0.29) is 13.6 Å². The molecule has 69 valence electrons. The topological polar surface area (TPSA) is 71.1 Å². The van der Waals surface area contributed by atoms with Crippen molar-refractivity contribution in [2.45, 2.75) is 0 Å². The first-order chi connectivity index (χ1) is 5.81. The minimum Gasteiger partial charge on any atom is -0.445 e. The van der Waals surface area contributed by atoms with Gasteiger partial charge < -0.3 is 18.9 Å². The summed E-state index contributed by atoms with van der Waals surface area (Å²) in [5, 5.41) is 0. The number of carbonyl (C=O) groups is 1. The Morgan fingerprint density at radius 1 is 1.42 bits per heavy atom. The lowest BCUT2D eigenvalue weighted by Crippen LogP contribution is -2.14. The van der Waals surface area contributed by atoms with Crippen LogP contribution in [0.2, 0.25) is 0 Å². The van der Waals surface area contributed by atoms with Crippen LogP contribution < -0.4 is 0 Å². The average Bonchev–Trinajstić information content (AvgIpc) is 2.09. The molecule has 1 radical (unpaired) electrons. The highest BCUT2D eigenvalue weighted by Crippen LogP contribution is 1.81. The zero-order chi connectivity index (χ0) is 9.23. The molecule has 6 nitrogen and oxygen atoms in total. The fourth-order valence-electron chi connectivity index (χ4n) is 0.355. The molecule has 0 aromatic rings. The van der Waals surface area contributed by atoms with E-state index >= 15 is 0 Å². The molecule has 0 rings (SSSR count). The molecular formula is C6H9O6. The Hall–Kier alpha value is -1.14. The molecule has 0 unspecified atom stereocenters. The van der Waals surface area contributed by atoms with Gasteiger partial charge in [0.15, 0.2) is 13.4 Å². The van der Waals surface area contributed by atoms with Gasteiger partial charge in [0.05, 0.1) is 0 Å². The van der Waals surface area contributed by atoms with E-state index in [1.807, 2.05) is 0 Å². The fraction of sp³-hybridized carbons (Fsp3) is 0.667. The van der Waals surface area contributed by atoms with E-state index in [9.17, 15) is 9.59 Å². The highest BCUT2D eigenvalue weighted by Gasteiger charge is 2.01. The Morgan fingerprint density at radius 2 is 2.17 bits per heavy atom. The summed E-state index contributed by atoms with van der Waals surface area (Å²) in [5.41, 5.74) is 0. The van der Waals surface area contributed by atoms with Crippen molar-refractivity contribution in [1.82, 2.24) is 0 Å². The lowest BCUT2D eigenvalue weighted by Gasteiger charge is -2.03. The molecule has 6 heteroatoms. The lowest BCUT2D eigenvalue weighted by molar-refractivity contribution is -0.168. The first-order valence-electron chi connectivity index (χ1n) is 3.02. The molecule has 0 amide bonds. The average molecular weight is 177 g/mol. The summed E-state index contributed by atoms with van der Waals surface area (Å²) >= 11 is 0. The quantitative estimate of drug-likeness (QED) is 0.288. The van der Waals surface area contributed by atoms with Crippen LogP contribution in [0.5, 0.6) is 0 Å². The van der Waals surface area contributed by atoms with Gasteiger partial charge in [0.2, 0.25) is 0 Å². The summed E-state index contributed by atoms with van der Waals surface area (Å²) in [7, 11) is 1.44. The molecule has 0 spiro atoms. The van der Waals surface area contributed by atoms with Gasteiger partial charge in [-0.2, -0.15) is 0 Å². The van der Waals surface area contributed by atoms with Gasteiger partial charge in [-0.25, -0.2) is 9.59 Å². The molecule has 0 saturated carbocycles. The molecule has 0 fully saturated rings. The molecular weight excluding hydrogens is 168 g/mol. The van der Waals surface area contributed by atoms with Gasteiger partial charge in [0, 0.05) is 7.11 Å². The van der Waals surface area contributed by atoms with Crippen molar-refractivity contribution in [2.24, 2.45) is 0 Å². The first-order valence-corrected chi connectivity index (χ1v) is 3.02. The Bertz CT molecular complexity index is 134. The first kappa shape index (κ1) is 10.9. The number of methoxy groups -OCH3 is 1. The van der Waals surface area contributed by atoms with Gasteiger partial charge in [-0.1, -0.05) is 0 Å². The van der Waals surface area contributed by atoms with Gasteiger partial charge in [-0.05, 0) is 0 Å². The summed E-state index contributed by atoms with van der Waals surface area (Å²) in [6.07, 6.45) is 0. The van der Waals surface area contributed by atoms with Crippen molar-refractivity contribution in [2.75, 3.05) is 27.3 Å². The number of carbonyl (C=O) groups excluding carboxylic acids is 2. The van der Waals surface area contributed by atoms with Crippen molar-refractivity contribution in [3.05, 3.63) is 0 Å². The van der Waals surface area contributed by atoms with Crippen LogP contribution in [-0.4, -0.2) is 39.7 Å². The molecule has 0 N–H and O–H groups in total. The van der Waals surface area contributed by atoms with Gasteiger partial charge in [-0.15, -0.1) is 0 Å². The van der Waals surface area contributed by atoms with Crippen LogP contribution in [-0.2, 0) is 28.5 Å². The van der Waals surface area contributed by atoms with Gasteiger partial charge in [-0.3, -0.25) is 0 Å². The summed E-state index contributed by atoms with van der Waals surface area (Å²) < 4.78 is 17.5. The molecule has 12 heavy (non-hydrogen) atoms. The van der Waals surface area contributed by atoms with Crippen molar-refractivity contribution in [3.63, 3.8) is 0 Å². The molecule has 0 saturated heterocycles. The predicted molar refractivity (Wildman–Crippen MR) is 35.6 cm³/mol. The largest absolute Gasteiger partial charge is 0.445 e. The summed E-state index contributed by atoms with van der Waals surface area (Å²) in [5.74, 6) is -0.700. The van der Waals surface area contributed by atoms with Crippen molar-refractivity contribution < 1.29 is 28.5 Å². The van der Waals surface area contributed by atoms with E-state index < -0.39 is 12.6 Å². The SMILES string of the molecule is COCOCOC(=O)CO[C]=O. The number of ether oxygens (including phenoxy) is 4. The third-order valence-electron chi connectivity index (χ3n) is 0.753. The van der Waals surface area contributed by atoms with Gasteiger partial charge >= 0.3 is 12.4 Å². The van der Waals surface area contributed by atoms with Crippen LogP contribution in [0.15, 0.2) is 0 Å². The monoisotopic (exact) mass is 177 g/mol. The van der Waals surface area contributed by atoms with E-state index in [0.717, 1.165) is 6.47 Å². The molecule has 0 aromatic heterocycles. The van der Waals surface area contributed by atoms with Crippen molar-refractivity contribution >= 4 is 12.4 Å². The Kier molecular flexibility index (Phi) is 7.21. The van der Waals surface area contributed by atoms with Crippen molar-refractivity contribution in [1.29, 1.82) is 0 Å². The normalized spacial score (nSPS) is 9.08. The number of rotatable bonds is 7. The number of esters is 1. The Labute approximate surface area is 69.3 Å². The van der Waals surface area contributed by atoms with Crippen LogP contribution in [0, 0.1) is 0 Å². The van der Waals surface area contributed by atoms with Gasteiger partial charge in [0.25, 0.3) is 0 Å². The third kappa shape index (κ3) is 6.97. The van der Waals surface area contributed by atoms with Crippen LogP contribution in [0.3, 0.4) is 0 Å². The van der Waals surface area contributed by atoms with E-state index in [1.54, 1.807) is 0 Å². The third-order valence-corrected chi connectivity index (χ3v) is 0.753. The molecule has 0 aromatic carbocycles. The van der Waals surface area contributed by atoms with Crippen LogP contribution >= 0.6 is 0 Å². The predicted octanol–water partition coefficient (Wildman–Crippen LogP) is -0.809. The number of hydrogen-bond donors (Lipinski definition) is 0. The highest BCUT2D eigenvalue weighted by molar-refractivity contribution is 5.71. The smallest absolute Gasteiger partial charge is 0.418 e. The highest BCUT2D eigenvalue weighted by atomic mass is 16.7. The van der Waals surface area contributed by atoms with Crippen LogP contribution in [0.25, 0.3) is 0 Å². The molecule has 0 aliphatic carbocycles. The second kappa shape index (κ2) is 7.96. The zero-order valence-corrected chi connectivity index (χ0v) is 6.57. The van der Waals surface area contributed by atoms with Gasteiger partial charge in [0.1, 0.15) is 6.79 Å². The minimum atomic E-state index is -0.700. The summed E-state index contributed by atoms with van der Waals surface area (Å²) in [4.78, 5) is 20.0. The molecule has 0 atom stereocenters. The second-order valence-electron chi connectivity index (χ2n) is 1.62. The van der Waals surface area contributed by atoms with E-state index in [1.165, 1.54) is 7.11 Å². The fourth-order valence-corrected chi connectivity index (χ4v) is 0.355. The zero-order valence-electron chi connectivity index (χ0n) is 6.57. The van der Waals surface area contributed by atoms with E-state index in [2.05, 4.69) is 18.9 Å². The van der Waals surface area contributed by atoms with E-state index in [4.69, 9.17) is 0 Å². The van der Waals surface area contributed by atoms with E-state index in [0.29, 0.717) is 0 Å². The lowest BCUT2D eigenvalue weighted by atomic mass is 10.7. The van der Waals surface area contributed by atoms with Crippen LogP contribution in [0.4, 0.5) is 0 Å². The molecule has 0 heterocycles. The number of hydrogen-bond acceptors (Lipinski definition) is 6. The standard InChI is InChI=1S/C6H9O6/c1-9-4-11-5-12-6(8)2-10-3-7/h2,4-5H2,1H3. The molecule has 0 aliphatic rings.